The molecule has 156 valence electrons. The number of ether oxygens (including phenoxy) is 1. The predicted molar refractivity (Wildman–Crippen MR) is 103 cm³/mol. The van der Waals surface area contributed by atoms with Crippen LogP contribution in [0.5, 0.6) is 0 Å². The molecule has 1 aliphatic carbocycles. The fraction of sp³-hybridized carbons (Fsp3) is 0.636. The van der Waals surface area contributed by atoms with E-state index in [-0.39, 0.29) is 29.6 Å². The zero-order valence-electron chi connectivity index (χ0n) is 17.1. The van der Waals surface area contributed by atoms with Crippen LogP contribution in [-0.2, 0) is 19.3 Å². The highest BCUT2D eigenvalue weighted by Gasteiger charge is 2.71. The maximum atomic E-state index is 13.4. The van der Waals surface area contributed by atoms with Gasteiger partial charge in [0.2, 0.25) is 11.7 Å². The van der Waals surface area contributed by atoms with Gasteiger partial charge in [-0.15, -0.1) is 0 Å². The molecular formula is C22H28N2O5. The largest absolute Gasteiger partial charge is 0.319 e. The van der Waals surface area contributed by atoms with E-state index >= 15 is 0 Å². The summed E-state index contributed by atoms with van der Waals surface area (Å²) in [5.74, 6) is -1.09. The molecule has 6 rings (SSSR count). The fourth-order valence-corrected chi connectivity index (χ4v) is 5.94. The molecule has 2 bridgehead atoms. The topological polar surface area (TPSA) is 77.1 Å². The molecule has 29 heavy (non-hydrogen) atoms. The smallest absolute Gasteiger partial charge is 0.269 e. The Balaban J connectivity index is 1.56. The lowest BCUT2D eigenvalue weighted by molar-refractivity contribution is -0.549. The van der Waals surface area contributed by atoms with Gasteiger partial charge in [-0.1, -0.05) is 32.0 Å². The molecule has 4 heterocycles. The predicted octanol–water partition coefficient (Wildman–Crippen LogP) is 3.03. The minimum Gasteiger partial charge on any atom is -0.319 e. The van der Waals surface area contributed by atoms with Crippen LogP contribution in [0, 0.1) is 23.7 Å². The van der Waals surface area contributed by atoms with Gasteiger partial charge in [0, 0.05) is 23.8 Å². The lowest BCUT2D eigenvalue weighted by Gasteiger charge is -2.61. The third-order valence-corrected chi connectivity index (χ3v) is 7.52. The summed E-state index contributed by atoms with van der Waals surface area (Å²) in [6.45, 7) is 6.01. The van der Waals surface area contributed by atoms with Crippen molar-refractivity contribution in [2.75, 3.05) is 0 Å². The number of benzene rings is 1. The van der Waals surface area contributed by atoms with Gasteiger partial charge in [-0.05, 0) is 50.2 Å². The molecule has 0 aromatic heterocycles. The average Bonchev–Trinajstić information content (AvgIpc) is 2.96. The minimum absolute atomic E-state index is 0.00581. The van der Waals surface area contributed by atoms with Crippen LogP contribution in [0.15, 0.2) is 30.3 Å². The number of fused-ring (bicyclic) bond motifs is 2. The third kappa shape index (κ3) is 2.67. The number of carbonyl (C=O) groups excluding carboxylic acids is 2. The number of hydrazine groups is 1. The van der Waals surface area contributed by atoms with Crippen molar-refractivity contribution >= 4 is 11.8 Å². The number of nitrogens with one attached hydrogen (secondary N) is 1. The molecule has 4 aliphatic heterocycles. The molecule has 5 aliphatic rings. The third-order valence-electron chi connectivity index (χ3n) is 7.52. The van der Waals surface area contributed by atoms with Crippen LogP contribution in [0.4, 0.5) is 0 Å². The molecule has 1 spiro atoms. The Labute approximate surface area is 170 Å². The standard InChI is InChI=1S/C22H28N2O5/c1-13-9-10-17-14(2)19(26)24(23-18(25)15-7-5-4-6-8-15)20-22(17)16(13)11-12-21(3,27-20)28-29-22/h4-8,13-14,16-17,20H,9-12H2,1-3H3,(H,23,25)/t13-,14-,16+,17+,20-,21-,22-/m1/s1. The number of rotatable bonds is 2. The van der Waals surface area contributed by atoms with Crippen molar-refractivity contribution in [3.05, 3.63) is 35.9 Å². The molecule has 4 saturated heterocycles. The molecular weight excluding hydrogens is 372 g/mol. The Bertz CT molecular complexity index is 832. The normalized spacial score (nSPS) is 43.5. The van der Waals surface area contributed by atoms with Gasteiger partial charge in [0.05, 0.1) is 0 Å². The summed E-state index contributed by atoms with van der Waals surface area (Å²) in [6.07, 6.45) is 2.82. The van der Waals surface area contributed by atoms with E-state index in [1.165, 1.54) is 5.01 Å². The van der Waals surface area contributed by atoms with Crippen LogP contribution in [0.2, 0.25) is 0 Å². The molecule has 7 atom stereocenters. The van der Waals surface area contributed by atoms with E-state index in [4.69, 9.17) is 14.5 Å². The van der Waals surface area contributed by atoms with Crippen molar-refractivity contribution in [3.63, 3.8) is 0 Å². The molecule has 2 amide bonds. The summed E-state index contributed by atoms with van der Waals surface area (Å²) in [4.78, 5) is 38.2. The minimum atomic E-state index is -0.936. The lowest BCUT2D eigenvalue weighted by Crippen LogP contribution is -2.77. The molecule has 1 aromatic rings. The van der Waals surface area contributed by atoms with Gasteiger partial charge in [-0.3, -0.25) is 15.0 Å². The Morgan fingerprint density at radius 2 is 1.86 bits per heavy atom. The van der Waals surface area contributed by atoms with E-state index in [1.807, 2.05) is 19.9 Å². The first-order chi connectivity index (χ1) is 13.9. The van der Waals surface area contributed by atoms with Crippen LogP contribution in [0.1, 0.15) is 56.8 Å². The van der Waals surface area contributed by atoms with Crippen molar-refractivity contribution in [2.45, 2.75) is 64.1 Å². The zero-order valence-corrected chi connectivity index (χ0v) is 17.1. The summed E-state index contributed by atoms with van der Waals surface area (Å²) in [7, 11) is 0. The number of hydrogen-bond donors (Lipinski definition) is 1. The van der Waals surface area contributed by atoms with Crippen LogP contribution in [-0.4, -0.2) is 34.4 Å². The molecule has 0 unspecified atom stereocenters. The summed E-state index contributed by atoms with van der Waals surface area (Å²) >= 11 is 0. The Morgan fingerprint density at radius 1 is 1.10 bits per heavy atom. The molecule has 7 heteroatoms. The van der Waals surface area contributed by atoms with Crippen LogP contribution in [0.25, 0.3) is 0 Å². The first-order valence-electron chi connectivity index (χ1n) is 10.6. The maximum absolute atomic E-state index is 13.4. The van der Waals surface area contributed by atoms with Crippen molar-refractivity contribution in [1.29, 1.82) is 0 Å². The molecule has 1 N–H and O–H groups in total. The second-order valence-electron chi connectivity index (χ2n) is 9.23. The van der Waals surface area contributed by atoms with E-state index in [1.54, 1.807) is 24.3 Å². The van der Waals surface area contributed by atoms with Crippen LogP contribution < -0.4 is 5.43 Å². The highest BCUT2D eigenvalue weighted by Crippen LogP contribution is 2.60. The summed E-state index contributed by atoms with van der Waals surface area (Å²) < 4.78 is 6.39. The SMILES string of the molecule is C[C@@H]1CC[C@H]2[C@@H](C)C(=O)N(NC(=O)c3ccccc3)[C@@H]3O[C@@]4(C)CC[C@@H]1[C@@]23OO4. The van der Waals surface area contributed by atoms with E-state index in [0.717, 1.165) is 19.3 Å². The van der Waals surface area contributed by atoms with Crippen LogP contribution in [0.3, 0.4) is 0 Å². The van der Waals surface area contributed by atoms with Crippen molar-refractivity contribution in [3.8, 4) is 0 Å². The first-order valence-corrected chi connectivity index (χ1v) is 10.6. The highest BCUT2D eigenvalue weighted by molar-refractivity contribution is 5.95. The van der Waals surface area contributed by atoms with Crippen molar-refractivity contribution < 1.29 is 24.1 Å². The molecule has 0 radical (unpaired) electrons. The highest BCUT2D eigenvalue weighted by atomic mass is 17.3. The van der Waals surface area contributed by atoms with Gasteiger partial charge in [0.15, 0.2) is 11.8 Å². The van der Waals surface area contributed by atoms with E-state index in [9.17, 15) is 9.59 Å². The average molecular weight is 400 g/mol. The number of amides is 2. The monoisotopic (exact) mass is 400 g/mol. The second-order valence-corrected chi connectivity index (χ2v) is 9.23. The number of carbonyl (C=O) groups is 2. The molecule has 1 aromatic carbocycles. The molecule has 7 nitrogen and oxygen atoms in total. The van der Waals surface area contributed by atoms with E-state index < -0.39 is 17.6 Å². The van der Waals surface area contributed by atoms with Crippen molar-refractivity contribution in [1.82, 2.24) is 10.4 Å². The zero-order chi connectivity index (χ0) is 20.4. The van der Waals surface area contributed by atoms with Gasteiger partial charge in [0.25, 0.3) is 5.91 Å². The second kappa shape index (κ2) is 6.52. The van der Waals surface area contributed by atoms with Gasteiger partial charge in [0.1, 0.15) is 0 Å². The number of nitrogens with zero attached hydrogens (tertiary/aromatic N) is 1. The fourth-order valence-electron chi connectivity index (χ4n) is 5.94. The van der Waals surface area contributed by atoms with Gasteiger partial charge in [-0.25, -0.2) is 14.8 Å². The van der Waals surface area contributed by atoms with Gasteiger partial charge < -0.3 is 4.74 Å². The summed E-state index contributed by atoms with van der Waals surface area (Å²) in [5.41, 5.74) is 2.54. The quantitative estimate of drug-likeness (QED) is 0.773. The number of hydrogen-bond acceptors (Lipinski definition) is 5. The van der Waals surface area contributed by atoms with E-state index in [2.05, 4.69) is 12.3 Å². The Hall–Kier alpha value is -1.96. The molecule has 5 fully saturated rings. The Morgan fingerprint density at radius 3 is 2.62 bits per heavy atom. The van der Waals surface area contributed by atoms with Gasteiger partial charge in [-0.2, -0.15) is 0 Å². The first kappa shape index (κ1) is 19.0. The number of piperidine rings is 1. The van der Waals surface area contributed by atoms with Crippen LogP contribution >= 0.6 is 0 Å². The maximum Gasteiger partial charge on any atom is 0.269 e. The summed E-state index contributed by atoms with van der Waals surface area (Å²) in [5, 5.41) is 1.38. The Kier molecular flexibility index (Phi) is 4.28. The summed E-state index contributed by atoms with van der Waals surface area (Å²) in [6, 6.07) is 8.89. The van der Waals surface area contributed by atoms with E-state index in [0.29, 0.717) is 17.9 Å². The molecule has 1 saturated carbocycles. The van der Waals surface area contributed by atoms with Crippen molar-refractivity contribution in [2.24, 2.45) is 23.7 Å². The lowest BCUT2D eigenvalue weighted by atomic mass is 9.57. The van der Waals surface area contributed by atoms with Gasteiger partial charge >= 0.3 is 0 Å².